The van der Waals surface area contributed by atoms with Crippen LogP contribution in [-0.2, 0) is 4.74 Å². The predicted molar refractivity (Wildman–Crippen MR) is 93.0 cm³/mol. The van der Waals surface area contributed by atoms with Gasteiger partial charge in [0.05, 0.1) is 17.3 Å². The highest BCUT2D eigenvalue weighted by Crippen LogP contribution is 2.33. The van der Waals surface area contributed by atoms with E-state index in [1.54, 1.807) is 0 Å². The van der Waals surface area contributed by atoms with Crippen molar-refractivity contribution in [2.45, 2.75) is 70.9 Å². The van der Waals surface area contributed by atoms with E-state index < -0.39 is 0 Å². The molecule has 0 unspecified atom stereocenters. The van der Waals surface area contributed by atoms with Crippen LogP contribution in [-0.4, -0.2) is 46.4 Å². The number of ether oxygens (including phenoxy) is 1. The molecule has 6 heteroatoms. The van der Waals surface area contributed by atoms with E-state index in [9.17, 15) is 4.79 Å². The maximum Gasteiger partial charge on any atom is 0.318 e. The molecule has 1 aromatic heterocycles. The lowest BCUT2D eigenvalue weighted by molar-refractivity contribution is 0.0214. The Morgan fingerprint density at radius 2 is 2.21 bits per heavy atom. The summed E-state index contributed by atoms with van der Waals surface area (Å²) < 4.78 is 5.79. The molecule has 3 rings (SSSR count). The van der Waals surface area contributed by atoms with E-state index >= 15 is 0 Å². The molecule has 24 heavy (non-hydrogen) atoms. The summed E-state index contributed by atoms with van der Waals surface area (Å²) in [7, 11) is 0. The first-order chi connectivity index (χ1) is 11.5. The zero-order valence-corrected chi connectivity index (χ0v) is 15.2. The molecular formula is C18H30N4O2. The Morgan fingerprint density at radius 3 is 2.88 bits per heavy atom. The van der Waals surface area contributed by atoms with Crippen molar-refractivity contribution in [1.29, 1.82) is 0 Å². The predicted octanol–water partition coefficient (Wildman–Crippen LogP) is 3.22. The van der Waals surface area contributed by atoms with E-state index in [1.165, 1.54) is 12.0 Å². The average Bonchev–Trinajstić information content (AvgIpc) is 3.03. The van der Waals surface area contributed by atoms with Crippen molar-refractivity contribution in [2.75, 3.05) is 19.7 Å². The highest BCUT2D eigenvalue weighted by molar-refractivity contribution is 5.75. The van der Waals surface area contributed by atoms with Crippen molar-refractivity contribution in [3.63, 3.8) is 0 Å². The number of urea groups is 1. The molecule has 2 aliphatic rings. The zero-order chi connectivity index (χ0) is 17.2. The average molecular weight is 334 g/mol. The van der Waals surface area contributed by atoms with Gasteiger partial charge in [0.2, 0.25) is 0 Å². The van der Waals surface area contributed by atoms with E-state index in [0.29, 0.717) is 6.54 Å². The molecule has 0 spiro atoms. The number of aromatic amines is 1. The van der Waals surface area contributed by atoms with Crippen LogP contribution in [0, 0.1) is 13.8 Å². The van der Waals surface area contributed by atoms with E-state index in [2.05, 4.69) is 22.4 Å². The van der Waals surface area contributed by atoms with Gasteiger partial charge in [-0.3, -0.25) is 5.10 Å². The first kappa shape index (κ1) is 17.3. The molecule has 3 heterocycles. The van der Waals surface area contributed by atoms with Gasteiger partial charge in [0, 0.05) is 31.0 Å². The smallest absolute Gasteiger partial charge is 0.318 e. The highest BCUT2D eigenvalue weighted by atomic mass is 16.5. The lowest BCUT2D eigenvalue weighted by Gasteiger charge is -2.32. The molecule has 0 aromatic carbocycles. The molecule has 2 atom stereocenters. The number of aromatic nitrogens is 2. The van der Waals surface area contributed by atoms with E-state index in [0.717, 1.165) is 56.6 Å². The summed E-state index contributed by atoms with van der Waals surface area (Å²) in [6.07, 6.45) is 6.48. The molecule has 1 aromatic rings. The fourth-order valence-corrected chi connectivity index (χ4v) is 4.04. The largest absolute Gasteiger partial charge is 0.373 e. The third kappa shape index (κ3) is 3.58. The van der Waals surface area contributed by atoms with Crippen LogP contribution >= 0.6 is 0 Å². The first-order valence-electron chi connectivity index (χ1n) is 9.20. The number of carbonyl (C=O) groups is 1. The minimum atomic E-state index is -0.210. The van der Waals surface area contributed by atoms with Crippen LogP contribution in [0.2, 0.25) is 0 Å². The lowest BCUT2D eigenvalue weighted by atomic mass is 9.99. The van der Waals surface area contributed by atoms with Crippen molar-refractivity contribution >= 4 is 6.03 Å². The number of amides is 2. The molecule has 2 saturated heterocycles. The number of hydrogen-bond acceptors (Lipinski definition) is 3. The fourth-order valence-electron chi connectivity index (χ4n) is 4.04. The third-order valence-corrected chi connectivity index (χ3v) is 5.45. The Balaban J connectivity index is 1.73. The maximum atomic E-state index is 12.9. The molecule has 2 N–H and O–H groups in total. The standard InChI is InChI=1S/C18H30N4O2/c1-13-16(14(2)21-20-13)15-8-5-4-6-10-22(15)17(23)19-12-18(3)9-7-11-24-18/h15H,4-12H2,1-3H3,(H,19,23)(H,20,21)/t15-,18-/m0/s1. The van der Waals surface area contributed by atoms with Gasteiger partial charge in [0.25, 0.3) is 0 Å². The van der Waals surface area contributed by atoms with Gasteiger partial charge in [-0.25, -0.2) is 4.79 Å². The van der Waals surface area contributed by atoms with E-state index in [4.69, 9.17) is 4.74 Å². The van der Waals surface area contributed by atoms with Gasteiger partial charge in [0.1, 0.15) is 0 Å². The lowest BCUT2D eigenvalue weighted by Crippen LogP contribution is -2.47. The molecule has 0 radical (unpaired) electrons. The Labute approximate surface area is 144 Å². The third-order valence-electron chi connectivity index (χ3n) is 5.45. The van der Waals surface area contributed by atoms with Crippen LogP contribution < -0.4 is 5.32 Å². The summed E-state index contributed by atoms with van der Waals surface area (Å²) in [6, 6.07) is 0.141. The number of nitrogens with one attached hydrogen (secondary N) is 2. The van der Waals surface area contributed by atoms with Crippen molar-refractivity contribution in [3.8, 4) is 0 Å². The minimum Gasteiger partial charge on any atom is -0.373 e. The molecule has 0 saturated carbocycles. The zero-order valence-electron chi connectivity index (χ0n) is 15.2. The second-order valence-corrected chi connectivity index (χ2v) is 7.47. The van der Waals surface area contributed by atoms with Gasteiger partial charge in [-0.15, -0.1) is 0 Å². The Morgan fingerprint density at radius 1 is 1.38 bits per heavy atom. The number of nitrogens with zero attached hydrogens (tertiary/aromatic N) is 2. The van der Waals surface area contributed by atoms with Gasteiger partial charge < -0.3 is 15.0 Å². The number of carbonyl (C=O) groups excluding carboxylic acids is 1. The second-order valence-electron chi connectivity index (χ2n) is 7.47. The molecule has 134 valence electrons. The summed E-state index contributed by atoms with van der Waals surface area (Å²) in [4.78, 5) is 14.9. The molecular weight excluding hydrogens is 304 g/mol. The molecule has 0 aliphatic carbocycles. The number of rotatable bonds is 3. The van der Waals surface area contributed by atoms with Gasteiger partial charge in [-0.05, 0) is 46.5 Å². The number of H-pyrrole nitrogens is 1. The highest BCUT2D eigenvalue weighted by Gasteiger charge is 2.33. The summed E-state index contributed by atoms with van der Waals surface area (Å²) in [5.41, 5.74) is 3.06. The van der Waals surface area contributed by atoms with Crippen molar-refractivity contribution in [2.24, 2.45) is 0 Å². The summed E-state index contributed by atoms with van der Waals surface area (Å²) in [6.45, 7) is 8.34. The molecule has 2 aliphatic heterocycles. The van der Waals surface area contributed by atoms with Crippen molar-refractivity contribution < 1.29 is 9.53 Å². The van der Waals surface area contributed by atoms with Crippen LogP contribution in [0.15, 0.2) is 0 Å². The normalized spacial score (nSPS) is 28.0. The number of hydrogen-bond donors (Lipinski definition) is 2. The molecule has 2 amide bonds. The summed E-state index contributed by atoms with van der Waals surface area (Å²) in [5.74, 6) is 0. The number of aryl methyl sites for hydroxylation is 2. The fraction of sp³-hybridized carbons (Fsp3) is 0.778. The Kier molecular flexibility index (Phi) is 5.13. The number of likely N-dealkylation sites (tertiary alicyclic amines) is 1. The minimum absolute atomic E-state index is 0.0265. The van der Waals surface area contributed by atoms with E-state index in [1.807, 2.05) is 18.7 Å². The van der Waals surface area contributed by atoms with Crippen LogP contribution in [0.1, 0.15) is 68.4 Å². The van der Waals surface area contributed by atoms with Gasteiger partial charge in [-0.1, -0.05) is 12.8 Å². The molecule has 6 nitrogen and oxygen atoms in total. The Hall–Kier alpha value is -1.56. The van der Waals surface area contributed by atoms with Gasteiger partial charge in [0.15, 0.2) is 0 Å². The Bertz CT molecular complexity index is 558. The van der Waals surface area contributed by atoms with Crippen molar-refractivity contribution in [3.05, 3.63) is 17.0 Å². The van der Waals surface area contributed by atoms with Gasteiger partial charge in [-0.2, -0.15) is 5.10 Å². The SMILES string of the molecule is Cc1n[nH]c(C)c1[C@@H]1CCCCCN1C(=O)NC[C@]1(C)CCCO1. The van der Waals surface area contributed by atoms with E-state index in [-0.39, 0.29) is 17.7 Å². The monoisotopic (exact) mass is 334 g/mol. The summed E-state index contributed by atoms with van der Waals surface area (Å²) in [5, 5.41) is 10.5. The maximum absolute atomic E-state index is 12.9. The van der Waals surface area contributed by atoms with Crippen molar-refractivity contribution in [1.82, 2.24) is 20.4 Å². The second kappa shape index (κ2) is 7.13. The quantitative estimate of drug-likeness (QED) is 0.891. The van der Waals surface area contributed by atoms with Crippen LogP contribution in [0.5, 0.6) is 0 Å². The topological polar surface area (TPSA) is 70.2 Å². The molecule has 2 fully saturated rings. The summed E-state index contributed by atoms with van der Waals surface area (Å²) >= 11 is 0. The van der Waals surface area contributed by atoms with Crippen LogP contribution in [0.4, 0.5) is 4.79 Å². The van der Waals surface area contributed by atoms with Gasteiger partial charge >= 0.3 is 6.03 Å². The first-order valence-corrected chi connectivity index (χ1v) is 9.20. The van der Waals surface area contributed by atoms with Crippen LogP contribution in [0.3, 0.4) is 0 Å². The van der Waals surface area contributed by atoms with Crippen LogP contribution in [0.25, 0.3) is 0 Å². The molecule has 0 bridgehead atoms.